The largest absolute Gasteiger partial charge is 0.487 e. The van der Waals surface area contributed by atoms with Gasteiger partial charge in [-0.1, -0.05) is 19.1 Å². The van der Waals surface area contributed by atoms with Crippen LogP contribution in [0, 0.1) is 5.82 Å². The van der Waals surface area contributed by atoms with Gasteiger partial charge in [-0.2, -0.15) is 0 Å². The number of nitrogens with one attached hydrogen (secondary N) is 1. The van der Waals surface area contributed by atoms with Gasteiger partial charge in [-0.25, -0.2) is 8.78 Å². The molecule has 0 aliphatic rings. The molecule has 0 heterocycles. The lowest BCUT2D eigenvalue weighted by Crippen LogP contribution is -2.14. The fraction of sp³-hybridized carbons (Fsp3) is 0.455. The second-order valence-corrected chi connectivity index (χ2v) is 3.05. The van der Waals surface area contributed by atoms with Gasteiger partial charge in [-0.3, -0.25) is 0 Å². The summed E-state index contributed by atoms with van der Waals surface area (Å²) in [7, 11) is 0. The molecule has 1 rings (SSSR count). The van der Waals surface area contributed by atoms with E-state index in [4.69, 9.17) is 4.74 Å². The predicted molar refractivity (Wildman–Crippen MR) is 55.3 cm³/mol. The van der Waals surface area contributed by atoms with Crippen LogP contribution >= 0.6 is 0 Å². The Balaban J connectivity index is 2.77. The maximum absolute atomic E-state index is 13.3. The average Bonchev–Trinajstić information content (AvgIpc) is 2.25. The van der Waals surface area contributed by atoms with Crippen LogP contribution in [0.1, 0.15) is 12.5 Å². The molecular weight excluding hydrogens is 200 g/mol. The smallest absolute Gasteiger partial charge is 0.165 e. The van der Waals surface area contributed by atoms with E-state index >= 15 is 0 Å². The molecule has 0 saturated carbocycles. The van der Waals surface area contributed by atoms with E-state index in [1.165, 1.54) is 6.07 Å². The van der Waals surface area contributed by atoms with Gasteiger partial charge in [0, 0.05) is 12.1 Å². The van der Waals surface area contributed by atoms with E-state index in [0.717, 1.165) is 6.54 Å². The lowest BCUT2D eigenvalue weighted by atomic mass is 10.2. The van der Waals surface area contributed by atoms with Crippen LogP contribution in [0.4, 0.5) is 8.78 Å². The summed E-state index contributed by atoms with van der Waals surface area (Å²) in [5, 5.41) is 3.07. The minimum Gasteiger partial charge on any atom is -0.487 e. The number of hydrogen-bond acceptors (Lipinski definition) is 2. The van der Waals surface area contributed by atoms with Crippen LogP contribution < -0.4 is 10.1 Å². The van der Waals surface area contributed by atoms with Crippen molar-refractivity contribution in [2.24, 2.45) is 0 Å². The van der Waals surface area contributed by atoms with E-state index in [2.05, 4.69) is 5.32 Å². The molecule has 0 amide bonds. The molecule has 0 aliphatic carbocycles. The standard InChI is InChI=1S/C11H15F2NO/c1-2-14-8-9-4-3-5-10(13)11(9)15-7-6-12/h3-5,14H,2,6-8H2,1H3. The molecule has 0 aromatic heterocycles. The minimum absolute atomic E-state index is 0.111. The molecule has 0 spiro atoms. The zero-order chi connectivity index (χ0) is 11.1. The molecule has 1 aromatic carbocycles. The van der Waals surface area contributed by atoms with Crippen molar-refractivity contribution in [3.05, 3.63) is 29.6 Å². The van der Waals surface area contributed by atoms with Gasteiger partial charge < -0.3 is 10.1 Å². The van der Waals surface area contributed by atoms with Gasteiger partial charge in [-0.15, -0.1) is 0 Å². The molecule has 2 nitrogen and oxygen atoms in total. The highest BCUT2D eigenvalue weighted by Gasteiger charge is 2.08. The quantitative estimate of drug-likeness (QED) is 0.786. The Bertz CT molecular complexity index is 305. The maximum atomic E-state index is 13.3. The average molecular weight is 215 g/mol. The van der Waals surface area contributed by atoms with Gasteiger partial charge in [0.25, 0.3) is 0 Å². The Morgan fingerprint density at radius 3 is 2.87 bits per heavy atom. The number of benzene rings is 1. The van der Waals surface area contributed by atoms with Gasteiger partial charge in [0.1, 0.15) is 13.3 Å². The van der Waals surface area contributed by atoms with Crippen LogP contribution in [0.2, 0.25) is 0 Å². The van der Waals surface area contributed by atoms with Gasteiger partial charge in [0.15, 0.2) is 11.6 Å². The third-order valence-corrected chi connectivity index (χ3v) is 1.94. The summed E-state index contributed by atoms with van der Waals surface area (Å²) in [6.07, 6.45) is 0. The number of hydrogen-bond donors (Lipinski definition) is 1. The van der Waals surface area contributed by atoms with Crippen LogP contribution in [0.3, 0.4) is 0 Å². The number of halogens is 2. The lowest BCUT2D eigenvalue weighted by molar-refractivity contribution is 0.259. The summed E-state index contributed by atoms with van der Waals surface area (Å²) < 4.78 is 30.3. The summed E-state index contributed by atoms with van der Waals surface area (Å²) in [5.41, 5.74) is 0.713. The van der Waals surface area contributed by atoms with Crippen LogP contribution in [0.25, 0.3) is 0 Å². The molecule has 0 radical (unpaired) electrons. The van der Waals surface area contributed by atoms with Crippen LogP contribution in [-0.4, -0.2) is 19.8 Å². The highest BCUT2D eigenvalue weighted by molar-refractivity contribution is 5.34. The van der Waals surface area contributed by atoms with E-state index in [-0.39, 0.29) is 12.4 Å². The van der Waals surface area contributed by atoms with E-state index in [1.54, 1.807) is 12.1 Å². The topological polar surface area (TPSA) is 21.3 Å². The molecule has 84 valence electrons. The zero-order valence-corrected chi connectivity index (χ0v) is 8.72. The number of rotatable bonds is 6. The first-order valence-electron chi connectivity index (χ1n) is 4.96. The Hall–Kier alpha value is -1.16. The van der Waals surface area contributed by atoms with Gasteiger partial charge in [-0.05, 0) is 12.6 Å². The third kappa shape index (κ3) is 3.47. The van der Waals surface area contributed by atoms with Crippen molar-refractivity contribution in [1.29, 1.82) is 0 Å². The van der Waals surface area contributed by atoms with Crippen LogP contribution in [0.15, 0.2) is 18.2 Å². The van der Waals surface area contributed by atoms with Crippen molar-refractivity contribution in [3.63, 3.8) is 0 Å². The first kappa shape index (κ1) is 11.9. The predicted octanol–water partition coefficient (Wildman–Crippen LogP) is 2.28. The van der Waals surface area contributed by atoms with E-state index < -0.39 is 12.5 Å². The molecule has 0 atom stereocenters. The molecule has 0 unspecified atom stereocenters. The molecule has 0 aliphatic heterocycles. The van der Waals surface area contributed by atoms with Crippen LogP contribution in [0.5, 0.6) is 5.75 Å². The first-order chi connectivity index (χ1) is 7.29. The van der Waals surface area contributed by atoms with Crippen molar-refractivity contribution in [3.8, 4) is 5.75 Å². The normalized spacial score (nSPS) is 10.3. The molecule has 0 fully saturated rings. The van der Waals surface area contributed by atoms with Crippen molar-refractivity contribution < 1.29 is 13.5 Å². The van der Waals surface area contributed by atoms with Crippen molar-refractivity contribution in [1.82, 2.24) is 5.32 Å². The van der Waals surface area contributed by atoms with Crippen LogP contribution in [-0.2, 0) is 6.54 Å². The Labute approximate surface area is 88.3 Å². The molecule has 4 heteroatoms. The summed E-state index contributed by atoms with van der Waals surface area (Å²) in [4.78, 5) is 0. The molecular formula is C11H15F2NO. The third-order valence-electron chi connectivity index (χ3n) is 1.94. The number of alkyl halides is 1. The highest BCUT2D eigenvalue weighted by Crippen LogP contribution is 2.22. The van der Waals surface area contributed by atoms with Crippen molar-refractivity contribution >= 4 is 0 Å². The highest BCUT2D eigenvalue weighted by atomic mass is 19.1. The van der Waals surface area contributed by atoms with E-state index in [9.17, 15) is 8.78 Å². The molecule has 0 saturated heterocycles. The monoisotopic (exact) mass is 215 g/mol. The summed E-state index contributed by atoms with van der Waals surface area (Å²) in [6, 6.07) is 4.69. The van der Waals surface area contributed by atoms with E-state index in [1.807, 2.05) is 6.92 Å². The fourth-order valence-corrected chi connectivity index (χ4v) is 1.25. The molecule has 1 N–H and O–H groups in total. The minimum atomic E-state index is -0.616. The van der Waals surface area contributed by atoms with Gasteiger partial charge in [0.2, 0.25) is 0 Å². The second kappa shape index (κ2) is 6.35. The van der Waals surface area contributed by atoms with Crippen molar-refractivity contribution in [2.75, 3.05) is 19.8 Å². The Morgan fingerprint density at radius 2 is 2.20 bits per heavy atom. The number of para-hydroxylation sites is 1. The zero-order valence-electron chi connectivity index (χ0n) is 8.72. The first-order valence-corrected chi connectivity index (χ1v) is 4.96. The summed E-state index contributed by atoms with van der Waals surface area (Å²) in [6.45, 7) is 2.55. The fourth-order valence-electron chi connectivity index (χ4n) is 1.25. The summed E-state index contributed by atoms with van der Waals surface area (Å²) in [5.74, 6) is -0.296. The van der Waals surface area contributed by atoms with Gasteiger partial charge >= 0.3 is 0 Å². The SMILES string of the molecule is CCNCc1cccc(F)c1OCCF. The number of ether oxygens (including phenoxy) is 1. The lowest BCUT2D eigenvalue weighted by Gasteiger charge is -2.11. The Morgan fingerprint density at radius 1 is 1.40 bits per heavy atom. The van der Waals surface area contributed by atoms with Gasteiger partial charge in [0.05, 0.1) is 0 Å². The molecule has 1 aromatic rings. The maximum Gasteiger partial charge on any atom is 0.165 e. The van der Waals surface area contributed by atoms with E-state index in [0.29, 0.717) is 12.1 Å². The molecule has 15 heavy (non-hydrogen) atoms. The van der Waals surface area contributed by atoms with Crippen molar-refractivity contribution in [2.45, 2.75) is 13.5 Å². The molecule has 0 bridgehead atoms. The Kier molecular flexibility index (Phi) is 5.04. The summed E-state index contributed by atoms with van der Waals surface area (Å²) >= 11 is 0. The second-order valence-electron chi connectivity index (χ2n) is 3.05.